The highest BCUT2D eigenvalue weighted by atomic mass is 32.2. The number of carboxylic acids is 2. The van der Waals surface area contributed by atoms with E-state index in [0.29, 0.717) is 32.8 Å². The molecule has 2 N–H and O–H groups in total. The average Bonchev–Trinajstić information content (AvgIpc) is 2.81. The van der Waals surface area contributed by atoms with Gasteiger partial charge in [0.05, 0.1) is 19.5 Å². The molecular formula is C23H30N2O8S. The second-order valence-corrected chi connectivity index (χ2v) is 9.41. The summed E-state index contributed by atoms with van der Waals surface area (Å²) < 4.78 is 37.9. The van der Waals surface area contributed by atoms with Gasteiger partial charge in [0.25, 0.3) is 0 Å². The van der Waals surface area contributed by atoms with Gasteiger partial charge in [-0.3, -0.25) is 4.90 Å². The Hall–Kier alpha value is -3.15. The minimum absolute atomic E-state index is 0.0595. The van der Waals surface area contributed by atoms with Gasteiger partial charge in [-0.05, 0) is 30.2 Å². The standard InChI is InChI=1S/C21H28N2O4S.C2H2O4/c1-3-27-20-10-9-19(15-21(20)26-2)16-22-11-13-23(14-12-22)28(24,25)17-18-7-5-4-6-8-18;3-1(4)2(5)6/h4-10,15H,3,11-14,16-17H2,1-2H3;(H,3,4)(H,5,6). The van der Waals surface area contributed by atoms with E-state index in [1.807, 2.05) is 55.5 Å². The summed E-state index contributed by atoms with van der Waals surface area (Å²) in [6.45, 7) is 5.75. The molecule has 0 spiro atoms. The second-order valence-electron chi connectivity index (χ2n) is 7.45. The van der Waals surface area contributed by atoms with E-state index < -0.39 is 22.0 Å². The third kappa shape index (κ3) is 8.32. The predicted molar refractivity (Wildman–Crippen MR) is 125 cm³/mol. The number of hydrogen-bond donors (Lipinski definition) is 2. The minimum atomic E-state index is -3.29. The Morgan fingerprint density at radius 1 is 0.912 bits per heavy atom. The summed E-state index contributed by atoms with van der Waals surface area (Å²) >= 11 is 0. The summed E-state index contributed by atoms with van der Waals surface area (Å²) in [5.74, 6) is -2.12. The smallest absolute Gasteiger partial charge is 0.414 e. The SMILES string of the molecule is CCOc1ccc(CN2CCN(S(=O)(=O)Cc3ccccc3)CC2)cc1OC.O=C(O)C(=O)O. The maximum atomic E-state index is 12.7. The zero-order valence-electron chi connectivity index (χ0n) is 19.2. The molecule has 1 heterocycles. The largest absolute Gasteiger partial charge is 0.493 e. The lowest BCUT2D eigenvalue weighted by atomic mass is 10.1. The molecule has 0 bridgehead atoms. The van der Waals surface area contributed by atoms with Crippen molar-refractivity contribution in [2.24, 2.45) is 0 Å². The maximum absolute atomic E-state index is 12.7. The number of carbonyl (C=O) groups is 2. The molecule has 34 heavy (non-hydrogen) atoms. The molecule has 0 aromatic heterocycles. The molecule has 0 unspecified atom stereocenters. The third-order valence-corrected chi connectivity index (χ3v) is 6.88. The Balaban J connectivity index is 0.000000604. The van der Waals surface area contributed by atoms with Gasteiger partial charge in [0.1, 0.15) is 0 Å². The van der Waals surface area contributed by atoms with Crippen LogP contribution in [0.2, 0.25) is 0 Å². The van der Waals surface area contributed by atoms with Crippen molar-refractivity contribution < 1.29 is 37.7 Å². The van der Waals surface area contributed by atoms with E-state index in [4.69, 9.17) is 29.3 Å². The molecule has 0 radical (unpaired) electrons. The van der Waals surface area contributed by atoms with E-state index in [9.17, 15) is 8.42 Å². The van der Waals surface area contributed by atoms with Crippen molar-refractivity contribution in [1.29, 1.82) is 0 Å². The van der Waals surface area contributed by atoms with Gasteiger partial charge in [-0.1, -0.05) is 36.4 Å². The van der Waals surface area contributed by atoms with Crippen LogP contribution in [-0.4, -0.2) is 79.7 Å². The van der Waals surface area contributed by atoms with E-state index >= 15 is 0 Å². The first-order valence-electron chi connectivity index (χ1n) is 10.7. The number of nitrogens with zero attached hydrogens (tertiary/aromatic N) is 2. The molecule has 1 aliphatic heterocycles. The Bertz CT molecular complexity index is 1040. The van der Waals surface area contributed by atoms with Gasteiger partial charge >= 0.3 is 11.9 Å². The number of carboxylic acid groups (broad SMARTS) is 2. The van der Waals surface area contributed by atoms with Crippen molar-refractivity contribution in [3.8, 4) is 11.5 Å². The lowest BCUT2D eigenvalue weighted by Gasteiger charge is -2.34. The number of hydrogen-bond acceptors (Lipinski definition) is 7. The van der Waals surface area contributed by atoms with E-state index in [2.05, 4.69) is 4.90 Å². The first-order chi connectivity index (χ1) is 16.2. The highest BCUT2D eigenvalue weighted by Gasteiger charge is 2.27. The van der Waals surface area contributed by atoms with Gasteiger partial charge < -0.3 is 19.7 Å². The van der Waals surface area contributed by atoms with E-state index in [0.717, 1.165) is 29.2 Å². The molecule has 2 aromatic carbocycles. The lowest BCUT2D eigenvalue weighted by molar-refractivity contribution is -0.159. The van der Waals surface area contributed by atoms with Crippen molar-refractivity contribution >= 4 is 22.0 Å². The molecule has 0 saturated carbocycles. The second kappa shape index (κ2) is 12.9. The number of methoxy groups -OCH3 is 1. The first-order valence-corrected chi connectivity index (χ1v) is 12.3. The number of piperazine rings is 1. The quantitative estimate of drug-likeness (QED) is 0.528. The fourth-order valence-corrected chi connectivity index (χ4v) is 4.90. The molecule has 10 nitrogen and oxygen atoms in total. The summed E-state index contributed by atoms with van der Waals surface area (Å²) in [4.78, 5) is 20.5. The van der Waals surface area contributed by atoms with Gasteiger partial charge in [0.15, 0.2) is 11.5 Å². The minimum Gasteiger partial charge on any atom is -0.493 e. The van der Waals surface area contributed by atoms with Crippen LogP contribution in [0, 0.1) is 0 Å². The number of benzene rings is 2. The number of sulfonamides is 1. The maximum Gasteiger partial charge on any atom is 0.414 e. The zero-order valence-corrected chi connectivity index (χ0v) is 20.0. The van der Waals surface area contributed by atoms with Gasteiger partial charge in [-0.15, -0.1) is 0 Å². The lowest BCUT2D eigenvalue weighted by Crippen LogP contribution is -2.48. The number of rotatable bonds is 8. The van der Waals surface area contributed by atoms with Gasteiger partial charge in [-0.25, -0.2) is 18.0 Å². The Morgan fingerprint density at radius 2 is 1.53 bits per heavy atom. The topological polar surface area (TPSA) is 134 Å². The van der Waals surface area contributed by atoms with Crippen molar-refractivity contribution in [3.63, 3.8) is 0 Å². The van der Waals surface area contributed by atoms with Crippen LogP contribution in [0.1, 0.15) is 18.1 Å². The Labute approximate surface area is 199 Å². The fourth-order valence-electron chi connectivity index (χ4n) is 3.39. The van der Waals surface area contributed by atoms with Gasteiger partial charge in [0, 0.05) is 32.7 Å². The molecule has 0 amide bonds. The highest BCUT2D eigenvalue weighted by molar-refractivity contribution is 7.88. The Morgan fingerprint density at radius 3 is 2.06 bits per heavy atom. The van der Waals surface area contributed by atoms with Crippen molar-refractivity contribution in [3.05, 3.63) is 59.7 Å². The van der Waals surface area contributed by atoms with Crippen LogP contribution in [0.15, 0.2) is 48.5 Å². The van der Waals surface area contributed by atoms with Crippen LogP contribution in [0.3, 0.4) is 0 Å². The van der Waals surface area contributed by atoms with Crippen LogP contribution in [0.5, 0.6) is 11.5 Å². The molecule has 1 fully saturated rings. The van der Waals surface area contributed by atoms with Gasteiger partial charge in [-0.2, -0.15) is 4.31 Å². The average molecular weight is 495 g/mol. The van der Waals surface area contributed by atoms with Crippen LogP contribution < -0.4 is 9.47 Å². The third-order valence-electron chi connectivity index (χ3n) is 5.03. The van der Waals surface area contributed by atoms with Gasteiger partial charge in [0.2, 0.25) is 10.0 Å². The van der Waals surface area contributed by atoms with Crippen molar-refractivity contribution in [2.45, 2.75) is 19.2 Å². The molecule has 11 heteroatoms. The van der Waals surface area contributed by atoms with Crippen molar-refractivity contribution in [1.82, 2.24) is 9.21 Å². The first kappa shape index (κ1) is 27.1. The molecule has 0 aliphatic carbocycles. The highest BCUT2D eigenvalue weighted by Crippen LogP contribution is 2.28. The monoisotopic (exact) mass is 494 g/mol. The van der Waals surface area contributed by atoms with Crippen LogP contribution >= 0.6 is 0 Å². The van der Waals surface area contributed by atoms with Crippen LogP contribution in [0.4, 0.5) is 0 Å². The molecule has 1 saturated heterocycles. The molecule has 3 rings (SSSR count). The van der Waals surface area contributed by atoms with E-state index in [-0.39, 0.29) is 5.75 Å². The summed E-state index contributed by atoms with van der Waals surface area (Å²) in [6.07, 6.45) is 0. The number of ether oxygens (including phenoxy) is 2. The normalized spacial score (nSPS) is 14.5. The number of aliphatic carboxylic acids is 2. The zero-order chi connectivity index (χ0) is 25.1. The van der Waals surface area contributed by atoms with E-state index in [1.54, 1.807) is 11.4 Å². The summed E-state index contributed by atoms with van der Waals surface area (Å²) in [7, 11) is -1.65. The summed E-state index contributed by atoms with van der Waals surface area (Å²) in [6, 6.07) is 15.3. The van der Waals surface area contributed by atoms with Crippen LogP contribution in [0.25, 0.3) is 0 Å². The molecule has 1 aliphatic rings. The fraction of sp³-hybridized carbons (Fsp3) is 0.391. The predicted octanol–water partition coefficient (Wildman–Crippen LogP) is 1.90. The van der Waals surface area contributed by atoms with Crippen LogP contribution in [-0.2, 0) is 31.9 Å². The molecule has 0 atom stereocenters. The molecule has 186 valence electrons. The van der Waals surface area contributed by atoms with Crippen molar-refractivity contribution in [2.75, 3.05) is 39.9 Å². The summed E-state index contributed by atoms with van der Waals surface area (Å²) in [5.41, 5.74) is 1.95. The van der Waals surface area contributed by atoms with E-state index in [1.165, 1.54) is 0 Å². The molecular weight excluding hydrogens is 464 g/mol. The Kier molecular flexibility index (Phi) is 10.3. The molecule has 2 aromatic rings. The summed E-state index contributed by atoms with van der Waals surface area (Å²) in [5, 5.41) is 14.8.